The van der Waals surface area contributed by atoms with E-state index in [-0.39, 0.29) is 5.91 Å². The van der Waals surface area contributed by atoms with E-state index < -0.39 is 12.1 Å². The third-order valence-electron chi connectivity index (χ3n) is 4.01. The van der Waals surface area contributed by atoms with Crippen LogP contribution in [0.2, 0.25) is 0 Å². The Morgan fingerprint density at radius 3 is 2.40 bits per heavy atom. The zero-order chi connectivity index (χ0) is 18.0. The van der Waals surface area contributed by atoms with Crippen LogP contribution in [0.3, 0.4) is 0 Å². The molecule has 0 radical (unpaired) electrons. The molecule has 0 unspecified atom stereocenters. The summed E-state index contributed by atoms with van der Waals surface area (Å²) >= 11 is 1.36. The van der Waals surface area contributed by atoms with Crippen molar-refractivity contribution in [3.8, 4) is 0 Å². The minimum atomic E-state index is -0.878. The maximum atomic E-state index is 12.4. The molecule has 0 saturated carbocycles. The predicted octanol–water partition coefficient (Wildman–Crippen LogP) is 4.70. The Morgan fingerprint density at radius 2 is 1.72 bits per heavy atom. The molecule has 3 aromatic rings. The van der Waals surface area contributed by atoms with E-state index in [1.807, 2.05) is 56.3 Å². The van der Waals surface area contributed by atoms with Crippen molar-refractivity contribution in [2.75, 3.05) is 5.32 Å². The van der Waals surface area contributed by atoms with Gasteiger partial charge in [-0.3, -0.25) is 4.79 Å². The Morgan fingerprint density at radius 1 is 1.04 bits per heavy atom. The molecule has 1 amide bonds. The van der Waals surface area contributed by atoms with E-state index in [4.69, 9.17) is 4.74 Å². The fraction of sp³-hybridized carbons (Fsp3) is 0.200. The van der Waals surface area contributed by atoms with Gasteiger partial charge in [0.25, 0.3) is 5.91 Å². The number of carbonyl (C=O) groups is 2. The molecule has 0 spiro atoms. The molecule has 128 valence electrons. The zero-order valence-corrected chi connectivity index (χ0v) is 15.1. The van der Waals surface area contributed by atoms with Gasteiger partial charge in [-0.15, -0.1) is 11.3 Å². The zero-order valence-electron chi connectivity index (χ0n) is 14.3. The van der Waals surface area contributed by atoms with Gasteiger partial charge in [-0.05, 0) is 49.4 Å². The summed E-state index contributed by atoms with van der Waals surface area (Å²) < 4.78 is 6.35. The summed E-state index contributed by atoms with van der Waals surface area (Å²) in [5, 5.41) is 3.84. The molecule has 25 heavy (non-hydrogen) atoms. The Hall–Kier alpha value is -2.66. The number of thiophene rings is 1. The van der Waals surface area contributed by atoms with Gasteiger partial charge in [-0.2, -0.15) is 0 Å². The lowest BCUT2D eigenvalue weighted by atomic mass is 10.1. The van der Waals surface area contributed by atoms with E-state index in [1.165, 1.54) is 11.3 Å². The van der Waals surface area contributed by atoms with E-state index in [0.717, 1.165) is 26.9 Å². The second kappa shape index (κ2) is 7.07. The number of esters is 1. The molecule has 1 aromatic heterocycles. The fourth-order valence-corrected chi connectivity index (χ4v) is 3.54. The average Bonchev–Trinajstić information content (AvgIpc) is 3.02. The first kappa shape index (κ1) is 17.2. The summed E-state index contributed by atoms with van der Waals surface area (Å²) in [4.78, 5) is 25.2. The highest BCUT2D eigenvalue weighted by Crippen LogP contribution is 2.26. The van der Waals surface area contributed by atoms with Crippen LogP contribution in [0.4, 0.5) is 5.69 Å². The Labute approximate surface area is 150 Å². The normalized spacial score (nSPS) is 12.0. The first-order valence-corrected chi connectivity index (χ1v) is 8.84. The summed E-state index contributed by atoms with van der Waals surface area (Å²) in [5.74, 6) is -0.822. The van der Waals surface area contributed by atoms with Crippen LogP contribution in [0.5, 0.6) is 0 Å². The van der Waals surface area contributed by atoms with Gasteiger partial charge in [0.1, 0.15) is 4.88 Å². The van der Waals surface area contributed by atoms with Gasteiger partial charge in [0, 0.05) is 10.4 Å². The maximum absolute atomic E-state index is 12.4. The number of ether oxygens (including phenoxy) is 1. The van der Waals surface area contributed by atoms with Gasteiger partial charge in [-0.25, -0.2) is 4.79 Å². The van der Waals surface area contributed by atoms with Crippen molar-refractivity contribution >= 4 is 39.0 Å². The number of rotatable bonds is 4. The lowest BCUT2D eigenvalue weighted by Crippen LogP contribution is -2.30. The molecule has 0 fully saturated rings. The molecule has 0 bridgehead atoms. The summed E-state index contributed by atoms with van der Waals surface area (Å²) in [6, 6.07) is 15.3. The summed E-state index contributed by atoms with van der Waals surface area (Å²) in [6.07, 6.45) is -0.878. The number of fused-ring (bicyclic) bond motifs is 1. The van der Waals surface area contributed by atoms with Crippen molar-refractivity contribution in [1.29, 1.82) is 0 Å². The molecular weight excluding hydrogens is 334 g/mol. The van der Waals surface area contributed by atoms with Crippen LogP contribution >= 0.6 is 11.3 Å². The van der Waals surface area contributed by atoms with Crippen molar-refractivity contribution in [1.82, 2.24) is 0 Å². The van der Waals surface area contributed by atoms with Crippen LogP contribution in [-0.4, -0.2) is 18.0 Å². The lowest BCUT2D eigenvalue weighted by Gasteiger charge is -2.15. The van der Waals surface area contributed by atoms with Crippen molar-refractivity contribution < 1.29 is 14.3 Å². The predicted molar refractivity (Wildman–Crippen MR) is 101 cm³/mol. The van der Waals surface area contributed by atoms with Crippen LogP contribution < -0.4 is 5.32 Å². The fourth-order valence-electron chi connectivity index (χ4n) is 2.59. The second-order valence-corrected chi connectivity index (χ2v) is 7.04. The van der Waals surface area contributed by atoms with Gasteiger partial charge in [0.15, 0.2) is 6.10 Å². The molecule has 0 aliphatic heterocycles. The standard InChI is InChI=1S/C20H19NO3S/c1-12-7-6-8-13(2)18(12)21-19(22)14(3)24-20(23)17-11-15-9-4-5-10-16(15)25-17/h4-11,14H,1-3H3,(H,21,22)/t14-/m1/s1. The number of aryl methyl sites for hydroxylation is 2. The van der Waals surface area contributed by atoms with E-state index in [2.05, 4.69) is 5.32 Å². The van der Waals surface area contributed by atoms with Crippen LogP contribution in [0.1, 0.15) is 27.7 Å². The van der Waals surface area contributed by atoms with Crippen LogP contribution in [0, 0.1) is 13.8 Å². The molecule has 0 saturated heterocycles. The molecule has 1 heterocycles. The monoisotopic (exact) mass is 353 g/mol. The van der Waals surface area contributed by atoms with E-state index in [0.29, 0.717) is 4.88 Å². The highest BCUT2D eigenvalue weighted by molar-refractivity contribution is 7.20. The largest absolute Gasteiger partial charge is 0.448 e. The topological polar surface area (TPSA) is 55.4 Å². The van der Waals surface area contributed by atoms with Crippen LogP contribution in [-0.2, 0) is 9.53 Å². The molecule has 0 aliphatic rings. The molecule has 1 atom stereocenters. The van der Waals surface area contributed by atoms with Gasteiger partial charge in [0.2, 0.25) is 0 Å². The van der Waals surface area contributed by atoms with Crippen LogP contribution in [0.15, 0.2) is 48.5 Å². The number of carbonyl (C=O) groups excluding carboxylic acids is 2. The van der Waals surface area contributed by atoms with Gasteiger partial charge >= 0.3 is 5.97 Å². The van der Waals surface area contributed by atoms with Crippen molar-refractivity contribution in [3.05, 3.63) is 64.5 Å². The first-order chi connectivity index (χ1) is 12.0. The Bertz CT molecular complexity index is 892. The Kier molecular flexibility index (Phi) is 4.86. The first-order valence-electron chi connectivity index (χ1n) is 8.02. The minimum Gasteiger partial charge on any atom is -0.448 e. The number of amides is 1. The van der Waals surface area contributed by atoms with Gasteiger partial charge in [0.05, 0.1) is 0 Å². The smallest absolute Gasteiger partial charge is 0.349 e. The maximum Gasteiger partial charge on any atom is 0.349 e. The second-order valence-electron chi connectivity index (χ2n) is 5.95. The number of benzene rings is 2. The number of nitrogens with one attached hydrogen (secondary N) is 1. The van der Waals surface area contributed by atoms with Crippen LogP contribution in [0.25, 0.3) is 10.1 Å². The summed E-state index contributed by atoms with van der Waals surface area (Å²) in [7, 11) is 0. The van der Waals surface area contributed by atoms with E-state index in [1.54, 1.807) is 13.0 Å². The third-order valence-corrected chi connectivity index (χ3v) is 5.11. The van der Waals surface area contributed by atoms with Crippen molar-refractivity contribution in [2.24, 2.45) is 0 Å². The lowest BCUT2D eigenvalue weighted by molar-refractivity contribution is -0.123. The highest BCUT2D eigenvalue weighted by atomic mass is 32.1. The molecule has 1 N–H and O–H groups in total. The number of para-hydroxylation sites is 1. The molecule has 4 nitrogen and oxygen atoms in total. The number of anilines is 1. The Balaban J connectivity index is 1.69. The van der Waals surface area contributed by atoms with E-state index in [9.17, 15) is 9.59 Å². The number of hydrogen-bond donors (Lipinski definition) is 1. The molecular formula is C20H19NO3S. The summed E-state index contributed by atoms with van der Waals surface area (Å²) in [5.41, 5.74) is 2.70. The molecule has 5 heteroatoms. The van der Waals surface area contributed by atoms with Crippen molar-refractivity contribution in [2.45, 2.75) is 26.9 Å². The molecule has 2 aromatic carbocycles. The number of hydrogen-bond acceptors (Lipinski definition) is 4. The van der Waals surface area contributed by atoms with E-state index >= 15 is 0 Å². The van der Waals surface area contributed by atoms with Crippen molar-refractivity contribution in [3.63, 3.8) is 0 Å². The van der Waals surface area contributed by atoms with Gasteiger partial charge < -0.3 is 10.1 Å². The quantitative estimate of drug-likeness (QED) is 0.692. The molecule has 3 rings (SSSR count). The minimum absolute atomic E-state index is 0.341. The summed E-state index contributed by atoms with van der Waals surface area (Å²) in [6.45, 7) is 5.43. The highest BCUT2D eigenvalue weighted by Gasteiger charge is 2.21. The molecule has 0 aliphatic carbocycles. The average molecular weight is 353 g/mol. The van der Waals surface area contributed by atoms with Gasteiger partial charge in [-0.1, -0.05) is 36.4 Å². The SMILES string of the molecule is Cc1cccc(C)c1NC(=O)[C@@H](C)OC(=O)c1cc2ccccc2s1. The third kappa shape index (κ3) is 3.72.